The number of rotatable bonds is 1. The molecule has 0 nitrogen and oxygen atoms in total. The van der Waals surface area contributed by atoms with E-state index < -0.39 is 6.17 Å². The Bertz CT molecular complexity index is 154. The van der Waals surface area contributed by atoms with Crippen molar-refractivity contribution in [3.8, 4) is 0 Å². The van der Waals surface area contributed by atoms with Crippen molar-refractivity contribution in [1.29, 1.82) is 0 Å². The highest BCUT2D eigenvalue weighted by Crippen LogP contribution is 2.31. The Labute approximate surface area is 77.1 Å². The molecule has 1 aliphatic rings. The third kappa shape index (κ3) is 2.06. The quantitative estimate of drug-likeness (QED) is 0.640. The van der Waals surface area contributed by atoms with Gasteiger partial charge in [0.05, 0.1) is 0 Å². The van der Waals surface area contributed by atoms with Crippen LogP contribution in [-0.2, 0) is 0 Å². The normalized spacial score (nSPS) is 27.3. The summed E-state index contributed by atoms with van der Waals surface area (Å²) in [6.07, 6.45) is 1.53. The third-order valence-corrected chi connectivity index (χ3v) is 3.32. The van der Waals surface area contributed by atoms with E-state index in [4.69, 9.17) is 0 Å². The van der Waals surface area contributed by atoms with Crippen LogP contribution < -0.4 is 0 Å². The van der Waals surface area contributed by atoms with Crippen LogP contribution >= 0.6 is 31.9 Å². The fraction of sp³-hybridized carbons (Fsp3) is 0.714. The predicted molar refractivity (Wildman–Crippen MR) is 48.5 cm³/mol. The van der Waals surface area contributed by atoms with Gasteiger partial charge in [0.1, 0.15) is 6.17 Å². The predicted octanol–water partition coefficient (Wildman–Crippen LogP) is 3.55. The minimum absolute atomic E-state index is 0.603. The van der Waals surface area contributed by atoms with Gasteiger partial charge in [-0.25, -0.2) is 4.39 Å². The zero-order valence-corrected chi connectivity index (χ0v) is 8.71. The molecule has 0 aromatic heterocycles. The topological polar surface area (TPSA) is 0 Å². The lowest BCUT2D eigenvalue weighted by Crippen LogP contribution is -2.09. The van der Waals surface area contributed by atoms with Gasteiger partial charge in [0.15, 0.2) is 0 Å². The van der Waals surface area contributed by atoms with Crippen molar-refractivity contribution in [2.45, 2.75) is 25.4 Å². The van der Waals surface area contributed by atoms with E-state index in [1.54, 1.807) is 0 Å². The van der Waals surface area contributed by atoms with Crippen LogP contribution in [0.25, 0.3) is 0 Å². The highest BCUT2D eigenvalue weighted by Gasteiger charge is 2.17. The highest BCUT2D eigenvalue weighted by molar-refractivity contribution is 9.12. The zero-order valence-electron chi connectivity index (χ0n) is 5.54. The van der Waals surface area contributed by atoms with E-state index in [-0.39, 0.29) is 0 Å². The summed E-state index contributed by atoms with van der Waals surface area (Å²) in [6, 6.07) is 0. The maximum absolute atomic E-state index is 12.7. The molecule has 0 amide bonds. The molecule has 10 heavy (non-hydrogen) atoms. The molecule has 0 bridgehead atoms. The Balaban J connectivity index is 2.62. The molecule has 3 heteroatoms. The molecular formula is C7H9Br2F. The molecule has 1 unspecified atom stereocenters. The van der Waals surface area contributed by atoms with Crippen molar-refractivity contribution in [3.05, 3.63) is 10.1 Å². The molecular weight excluding hydrogens is 263 g/mol. The van der Waals surface area contributed by atoms with Gasteiger partial charge in [0.2, 0.25) is 0 Å². The van der Waals surface area contributed by atoms with Crippen LogP contribution in [0.5, 0.6) is 0 Å². The first-order valence-corrected chi connectivity index (χ1v) is 5.22. The highest BCUT2D eigenvalue weighted by atomic mass is 79.9. The SMILES string of the molecule is FC1CCC(Br)=C(CBr)C1. The Hall–Kier alpha value is 0.630. The van der Waals surface area contributed by atoms with Gasteiger partial charge < -0.3 is 0 Å². The van der Waals surface area contributed by atoms with Crippen LogP contribution in [0.1, 0.15) is 19.3 Å². The number of allylic oxidation sites excluding steroid dienone is 2. The summed E-state index contributed by atoms with van der Waals surface area (Å²) < 4.78 is 13.9. The molecule has 0 radical (unpaired) electrons. The van der Waals surface area contributed by atoms with Crippen molar-refractivity contribution in [2.24, 2.45) is 0 Å². The molecule has 0 aromatic carbocycles. The largest absolute Gasteiger partial charge is 0.247 e. The van der Waals surface area contributed by atoms with Crippen LogP contribution in [0.4, 0.5) is 4.39 Å². The summed E-state index contributed by atoms with van der Waals surface area (Å²) in [4.78, 5) is 0. The van der Waals surface area contributed by atoms with Gasteiger partial charge in [-0.3, -0.25) is 0 Å². The Morgan fingerprint density at radius 1 is 1.60 bits per heavy atom. The van der Waals surface area contributed by atoms with Crippen LogP contribution in [0.3, 0.4) is 0 Å². The minimum atomic E-state index is -0.617. The second-order valence-electron chi connectivity index (χ2n) is 2.48. The zero-order chi connectivity index (χ0) is 7.56. The first-order valence-electron chi connectivity index (χ1n) is 3.30. The van der Waals surface area contributed by atoms with Crippen molar-refractivity contribution in [2.75, 3.05) is 5.33 Å². The number of halogens is 3. The summed E-state index contributed by atoms with van der Waals surface area (Å²) in [5.41, 5.74) is 1.18. The van der Waals surface area contributed by atoms with Gasteiger partial charge in [0, 0.05) is 11.8 Å². The van der Waals surface area contributed by atoms with Gasteiger partial charge in [-0.2, -0.15) is 0 Å². The minimum Gasteiger partial charge on any atom is -0.247 e. The molecule has 0 aliphatic heterocycles. The van der Waals surface area contributed by atoms with Crippen molar-refractivity contribution >= 4 is 31.9 Å². The van der Waals surface area contributed by atoms with Gasteiger partial charge in [-0.1, -0.05) is 31.9 Å². The molecule has 1 rings (SSSR count). The summed E-state index contributed by atoms with van der Waals surface area (Å²) in [5, 5.41) is 0.800. The molecule has 0 aromatic rings. The fourth-order valence-electron chi connectivity index (χ4n) is 1.07. The molecule has 0 spiro atoms. The summed E-state index contributed by atoms with van der Waals surface area (Å²) in [5.74, 6) is 0. The smallest absolute Gasteiger partial charge is 0.104 e. The van der Waals surface area contributed by atoms with Crippen molar-refractivity contribution in [3.63, 3.8) is 0 Å². The monoisotopic (exact) mass is 270 g/mol. The first-order chi connectivity index (χ1) is 4.74. The van der Waals surface area contributed by atoms with E-state index in [0.29, 0.717) is 12.8 Å². The lowest BCUT2D eigenvalue weighted by atomic mass is 9.99. The molecule has 1 atom stereocenters. The molecule has 0 N–H and O–H groups in total. The standard InChI is InChI=1S/C7H9Br2F/c8-4-5-3-6(10)1-2-7(5)9/h6H,1-4H2. The first kappa shape index (κ1) is 8.72. The molecule has 58 valence electrons. The molecule has 0 fully saturated rings. The maximum Gasteiger partial charge on any atom is 0.104 e. The van der Waals surface area contributed by atoms with Crippen LogP contribution in [0.15, 0.2) is 10.1 Å². The third-order valence-electron chi connectivity index (χ3n) is 1.69. The summed E-state index contributed by atoms with van der Waals surface area (Å²) >= 11 is 6.75. The molecule has 0 saturated carbocycles. The lowest BCUT2D eigenvalue weighted by Gasteiger charge is -2.17. The summed E-state index contributed by atoms with van der Waals surface area (Å²) in [6.45, 7) is 0. The van der Waals surface area contributed by atoms with E-state index in [1.165, 1.54) is 10.1 Å². The van der Waals surface area contributed by atoms with Crippen LogP contribution in [-0.4, -0.2) is 11.5 Å². The van der Waals surface area contributed by atoms with E-state index in [9.17, 15) is 4.39 Å². The fourth-order valence-corrected chi connectivity index (χ4v) is 2.54. The maximum atomic E-state index is 12.7. The number of alkyl halides is 2. The second kappa shape index (κ2) is 3.86. The number of hydrogen-bond acceptors (Lipinski definition) is 0. The number of hydrogen-bond donors (Lipinski definition) is 0. The van der Waals surface area contributed by atoms with E-state index >= 15 is 0 Å². The van der Waals surface area contributed by atoms with Crippen LogP contribution in [0, 0.1) is 0 Å². The van der Waals surface area contributed by atoms with E-state index in [2.05, 4.69) is 31.9 Å². The van der Waals surface area contributed by atoms with Crippen LogP contribution in [0.2, 0.25) is 0 Å². The molecule has 1 aliphatic carbocycles. The molecule has 0 saturated heterocycles. The Kier molecular flexibility index (Phi) is 3.37. The van der Waals surface area contributed by atoms with Gasteiger partial charge in [-0.15, -0.1) is 0 Å². The molecule has 0 heterocycles. The van der Waals surface area contributed by atoms with Crippen molar-refractivity contribution < 1.29 is 4.39 Å². The van der Waals surface area contributed by atoms with E-state index in [0.717, 1.165) is 11.8 Å². The Morgan fingerprint density at radius 3 is 2.80 bits per heavy atom. The summed E-state index contributed by atoms with van der Waals surface area (Å²) in [7, 11) is 0. The Morgan fingerprint density at radius 2 is 2.30 bits per heavy atom. The van der Waals surface area contributed by atoms with Gasteiger partial charge in [-0.05, 0) is 22.9 Å². The average molecular weight is 272 g/mol. The van der Waals surface area contributed by atoms with E-state index in [1.807, 2.05) is 0 Å². The second-order valence-corrected chi connectivity index (χ2v) is 4.00. The average Bonchev–Trinajstić information content (AvgIpc) is 1.94. The van der Waals surface area contributed by atoms with Gasteiger partial charge in [0.25, 0.3) is 0 Å². The van der Waals surface area contributed by atoms with Crippen molar-refractivity contribution in [1.82, 2.24) is 0 Å². The van der Waals surface area contributed by atoms with Gasteiger partial charge >= 0.3 is 0 Å². The lowest BCUT2D eigenvalue weighted by molar-refractivity contribution is 0.304.